The molecule has 0 atom stereocenters. The molecule has 3 rings (SSSR count). The normalized spacial score (nSPS) is 14.1. The number of carbonyl (C=O) groups is 1. The number of hydrogen-bond acceptors (Lipinski definition) is 5. The summed E-state index contributed by atoms with van der Waals surface area (Å²) in [7, 11) is 0. The van der Waals surface area contributed by atoms with Crippen molar-refractivity contribution in [3.05, 3.63) is 94.9 Å². The largest absolute Gasteiger partial charge is 0.361 e. The van der Waals surface area contributed by atoms with Gasteiger partial charge in [-0.05, 0) is 67.8 Å². The van der Waals surface area contributed by atoms with E-state index >= 15 is 0 Å². The minimum absolute atomic E-state index is 0.177. The van der Waals surface area contributed by atoms with Crippen molar-refractivity contribution in [1.29, 1.82) is 5.41 Å². The van der Waals surface area contributed by atoms with Crippen LogP contribution >= 0.6 is 11.9 Å². The van der Waals surface area contributed by atoms with Gasteiger partial charge in [-0.25, -0.2) is 0 Å². The number of dihydropyridines is 1. The molecule has 0 radical (unpaired) electrons. The zero-order valence-corrected chi connectivity index (χ0v) is 17.3. The van der Waals surface area contributed by atoms with Gasteiger partial charge in [-0.15, -0.1) is 0 Å². The van der Waals surface area contributed by atoms with Gasteiger partial charge in [-0.1, -0.05) is 29.8 Å². The molecule has 1 heterocycles. The molecule has 0 fully saturated rings. The summed E-state index contributed by atoms with van der Waals surface area (Å²) in [6.45, 7) is 4.34. The molecule has 0 aliphatic carbocycles. The van der Waals surface area contributed by atoms with E-state index in [0.29, 0.717) is 11.1 Å². The van der Waals surface area contributed by atoms with Crippen molar-refractivity contribution in [2.75, 3.05) is 11.3 Å². The minimum atomic E-state index is -0.177. The van der Waals surface area contributed by atoms with Gasteiger partial charge < -0.3 is 20.8 Å². The van der Waals surface area contributed by atoms with E-state index in [9.17, 15) is 4.79 Å². The third-order valence-electron chi connectivity index (χ3n) is 4.47. The minimum Gasteiger partial charge on any atom is -0.361 e. The monoisotopic (exact) mass is 404 g/mol. The Kier molecular flexibility index (Phi) is 6.92. The third-order valence-corrected chi connectivity index (χ3v) is 5.30. The van der Waals surface area contributed by atoms with Crippen LogP contribution in [0.25, 0.3) is 0 Å². The smallest absolute Gasteiger partial charge is 0.251 e. The van der Waals surface area contributed by atoms with Crippen LogP contribution in [0.15, 0.2) is 83.1 Å². The number of aryl methyl sites for hydroxylation is 2. The van der Waals surface area contributed by atoms with Gasteiger partial charge in [0, 0.05) is 46.4 Å². The van der Waals surface area contributed by atoms with Crippen molar-refractivity contribution >= 4 is 29.8 Å². The average molecular weight is 405 g/mol. The zero-order chi connectivity index (χ0) is 20.6. The van der Waals surface area contributed by atoms with Crippen LogP contribution in [0, 0.1) is 19.3 Å². The van der Waals surface area contributed by atoms with Crippen molar-refractivity contribution in [3.8, 4) is 0 Å². The second kappa shape index (κ2) is 9.80. The van der Waals surface area contributed by atoms with Crippen molar-refractivity contribution in [1.82, 2.24) is 10.6 Å². The second-order valence-electron chi connectivity index (χ2n) is 6.68. The lowest BCUT2D eigenvalue weighted by Crippen LogP contribution is -2.27. The Morgan fingerprint density at radius 1 is 1.14 bits per heavy atom. The Labute approximate surface area is 175 Å². The van der Waals surface area contributed by atoms with Gasteiger partial charge in [-0.2, -0.15) is 0 Å². The van der Waals surface area contributed by atoms with E-state index in [0.717, 1.165) is 21.8 Å². The fraction of sp³-hybridized carbons (Fsp3) is 0.130. The standard InChI is InChI=1S/C23H24N4OS/c1-16-6-10-20(11-7-16)29-27-22-13-18(9-8-17(22)2)23(28)26-15-19(14-24)21-5-3-4-12-25-21/h3-14,24-25,27H,15H2,1-2H3,(H,26,28)/b21-19+,24-14?. The highest BCUT2D eigenvalue weighted by atomic mass is 32.2. The molecule has 148 valence electrons. The Hall–Kier alpha value is -3.25. The lowest BCUT2D eigenvalue weighted by molar-refractivity contribution is 0.0957. The van der Waals surface area contributed by atoms with Crippen molar-refractivity contribution in [3.63, 3.8) is 0 Å². The van der Waals surface area contributed by atoms with Crippen LogP contribution in [0.3, 0.4) is 0 Å². The van der Waals surface area contributed by atoms with Crippen LogP contribution in [0.4, 0.5) is 5.69 Å². The van der Waals surface area contributed by atoms with Crippen LogP contribution in [0.5, 0.6) is 0 Å². The fourth-order valence-corrected chi connectivity index (χ4v) is 3.41. The first-order chi connectivity index (χ1) is 14.1. The molecule has 0 aromatic heterocycles. The number of carbonyl (C=O) groups excluding carboxylic acids is 1. The number of allylic oxidation sites excluding steroid dienone is 3. The van der Waals surface area contributed by atoms with Crippen LogP contribution in [-0.2, 0) is 0 Å². The summed E-state index contributed by atoms with van der Waals surface area (Å²) in [4.78, 5) is 13.7. The van der Waals surface area contributed by atoms with Gasteiger partial charge >= 0.3 is 0 Å². The summed E-state index contributed by atoms with van der Waals surface area (Å²) >= 11 is 1.52. The first-order valence-electron chi connectivity index (χ1n) is 9.28. The Morgan fingerprint density at radius 2 is 1.93 bits per heavy atom. The van der Waals surface area contributed by atoms with E-state index in [1.807, 2.05) is 43.4 Å². The molecule has 6 heteroatoms. The van der Waals surface area contributed by atoms with Gasteiger partial charge in [0.1, 0.15) is 0 Å². The van der Waals surface area contributed by atoms with Gasteiger partial charge in [-0.3, -0.25) is 4.79 Å². The van der Waals surface area contributed by atoms with E-state index in [1.54, 1.807) is 6.20 Å². The van der Waals surface area contributed by atoms with E-state index in [-0.39, 0.29) is 12.5 Å². The number of anilines is 1. The molecule has 1 aliphatic heterocycles. The molecular formula is C23H24N4OS. The Balaban J connectivity index is 1.65. The molecule has 29 heavy (non-hydrogen) atoms. The molecular weight excluding hydrogens is 380 g/mol. The third kappa shape index (κ3) is 5.62. The molecule has 1 amide bonds. The van der Waals surface area contributed by atoms with Gasteiger partial charge in [0.05, 0.1) is 0 Å². The number of rotatable bonds is 7. The maximum absolute atomic E-state index is 12.6. The van der Waals surface area contributed by atoms with Gasteiger partial charge in [0.25, 0.3) is 5.91 Å². The van der Waals surface area contributed by atoms with Crippen LogP contribution in [-0.4, -0.2) is 18.7 Å². The zero-order valence-electron chi connectivity index (χ0n) is 16.5. The van der Waals surface area contributed by atoms with Crippen molar-refractivity contribution < 1.29 is 4.79 Å². The first-order valence-corrected chi connectivity index (χ1v) is 10.1. The molecule has 2 aromatic rings. The maximum atomic E-state index is 12.6. The SMILES string of the molecule is Cc1ccc(SNc2cc(C(=O)NC/C(C=N)=C3\C=CC=CN3)ccc2C)cc1. The van der Waals surface area contributed by atoms with Gasteiger partial charge in [0.15, 0.2) is 0 Å². The van der Waals surface area contributed by atoms with Crippen LogP contribution < -0.4 is 15.4 Å². The number of hydrogen-bond donors (Lipinski definition) is 4. The molecule has 0 saturated carbocycles. The van der Waals surface area contributed by atoms with Crippen LogP contribution in [0.2, 0.25) is 0 Å². The van der Waals surface area contributed by atoms with Crippen LogP contribution in [0.1, 0.15) is 21.5 Å². The predicted octanol–water partition coefficient (Wildman–Crippen LogP) is 4.73. The van der Waals surface area contributed by atoms with Crippen molar-refractivity contribution in [2.24, 2.45) is 0 Å². The predicted molar refractivity (Wildman–Crippen MR) is 121 cm³/mol. The molecule has 2 aromatic carbocycles. The first kappa shape index (κ1) is 20.5. The quantitative estimate of drug-likeness (QED) is 0.397. The fourth-order valence-electron chi connectivity index (χ4n) is 2.69. The molecule has 5 nitrogen and oxygen atoms in total. The molecule has 0 saturated heterocycles. The Bertz CT molecular complexity index is 990. The lowest BCUT2D eigenvalue weighted by Gasteiger charge is -2.13. The highest BCUT2D eigenvalue weighted by molar-refractivity contribution is 8.00. The number of amides is 1. The molecule has 4 N–H and O–H groups in total. The summed E-state index contributed by atoms with van der Waals surface area (Å²) in [6.07, 6.45) is 8.69. The van der Waals surface area contributed by atoms with E-state index in [4.69, 9.17) is 5.41 Å². The number of benzene rings is 2. The second-order valence-corrected chi connectivity index (χ2v) is 7.56. The molecule has 0 spiro atoms. The summed E-state index contributed by atoms with van der Waals surface area (Å²) in [5.74, 6) is -0.177. The van der Waals surface area contributed by atoms with Crippen molar-refractivity contribution in [2.45, 2.75) is 18.7 Å². The van der Waals surface area contributed by atoms with Gasteiger partial charge in [0.2, 0.25) is 0 Å². The Morgan fingerprint density at radius 3 is 2.62 bits per heavy atom. The maximum Gasteiger partial charge on any atom is 0.251 e. The lowest BCUT2D eigenvalue weighted by atomic mass is 10.1. The molecule has 0 unspecified atom stereocenters. The summed E-state index contributed by atoms with van der Waals surface area (Å²) in [6, 6.07) is 13.9. The van der Waals surface area contributed by atoms with E-state index < -0.39 is 0 Å². The van der Waals surface area contributed by atoms with E-state index in [2.05, 4.69) is 46.5 Å². The topological polar surface area (TPSA) is 77.0 Å². The molecule has 0 bridgehead atoms. The average Bonchev–Trinajstić information content (AvgIpc) is 2.75. The summed E-state index contributed by atoms with van der Waals surface area (Å²) in [5.41, 5.74) is 5.27. The summed E-state index contributed by atoms with van der Waals surface area (Å²) in [5, 5.41) is 13.6. The van der Waals surface area contributed by atoms with E-state index in [1.165, 1.54) is 23.7 Å². The molecule has 1 aliphatic rings. The highest BCUT2D eigenvalue weighted by Gasteiger charge is 2.10. The summed E-state index contributed by atoms with van der Waals surface area (Å²) < 4.78 is 3.34. The highest BCUT2D eigenvalue weighted by Crippen LogP contribution is 2.25. The number of nitrogens with one attached hydrogen (secondary N) is 4.